The standard InChI is InChI=1S/C5H7N2.H2O/c1-7-5-3-2-4-6-7;/h2-5H,1H3;1H2/q+1;/p-1. The second-order valence-corrected chi connectivity index (χ2v) is 1.37. The maximum atomic E-state index is 3.90. The lowest BCUT2D eigenvalue weighted by atomic mass is 10.6. The van der Waals surface area contributed by atoms with Crippen molar-refractivity contribution in [2.75, 3.05) is 0 Å². The van der Waals surface area contributed by atoms with Crippen LogP contribution in [0.5, 0.6) is 0 Å². The van der Waals surface area contributed by atoms with Crippen LogP contribution in [-0.2, 0) is 7.05 Å². The maximum Gasteiger partial charge on any atom is 0.195 e. The van der Waals surface area contributed by atoms with Crippen LogP contribution in [0.2, 0.25) is 0 Å². The molecule has 0 aliphatic heterocycles. The van der Waals surface area contributed by atoms with E-state index in [-0.39, 0.29) is 5.48 Å². The number of nitrogens with zero attached hydrogens (tertiary/aromatic N) is 2. The molecule has 1 aromatic heterocycles. The lowest BCUT2D eigenvalue weighted by molar-refractivity contribution is -0.730. The predicted octanol–water partition coefficient (Wildman–Crippen LogP) is -0.271. The maximum absolute atomic E-state index is 3.90. The third-order valence-corrected chi connectivity index (χ3v) is 0.748. The van der Waals surface area contributed by atoms with Gasteiger partial charge >= 0.3 is 0 Å². The van der Waals surface area contributed by atoms with E-state index in [1.807, 2.05) is 25.4 Å². The molecule has 3 heteroatoms. The first-order valence-electron chi connectivity index (χ1n) is 2.16. The summed E-state index contributed by atoms with van der Waals surface area (Å²) in [5.74, 6) is 0. The van der Waals surface area contributed by atoms with Crippen LogP contribution in [0, 0.1) is 0 Å². The van der Waals surface area contributed by atoms with Crippen molar-refractivity contribution >= 4 is 0 Å². The zero-order valence-corrected chi connectivity index (χ0v) is 4.65. The summed E-state index contributed by atoms with van der Waals surface area (Å²) in [6.45, 7) is 0. The minimum Gasteiger partial charge on any atom is -0.870 e. The first-order valence-corrected chi connectivity index (χ1v) is 2.16. The molecule has 0 saturated carbocycles. The van der Waals surface area contributed by atoms with E-state index in [0.29, 0.717) is 0 Å². The van der Waals surface area contributed by atoms with Crippen LogP contribution in [-0.4, -0.2) is 10.6 Å². The summed E-state index contributed by atoms with van der Waals surface area (Å²) >= 11 is 0. The average molecular weight is 112 g/mol. The molecule has 0 fully saturated rings. The molecule has 44 valence electrons. The second kappa shape index (κ2) is 3.10. The molecular formula is C5H8N2O. The monoisotopic (exact) mass is 112 g/mol. The van der Waals surface area contributed by atoms with E-state index >= 15 is 0 Å². The molecule has 1 N–H and O–H groups in total. The zero-order valence-electron chi connectivity index (χ0n) is 4.65. The molecule has 8 heavy (non-hydrogen) atoms. The summed E-state index contributed by atoms with van der Waals surface area (Å²) in [6.07, 6.45) is 3.64. The highest BCUT2D eigenvalue weighted by Crippen LogP contribution is 1.66. The number of aromatic nitrogens is 2. The number of hydrogen-bond acceptors (Lipinski definition) is 2. The minimum absolute atomic E-state index is 0. The smallest absolute Gasteiger partial charge is 0.195 e. The van der Waals surface area contributed by atoms with E-state index in [1.54, 1.807) is 10.9 Å². The Kier molecular flexibility index (Phi) is 2.72. The largest absolute Gasteiger partial charge is 0.870 e. The number of hydrogen-bond donors (Lipinski definition) is 0. The van der Waals surface area contributed by atoms with Crippen LogP contribution >= 0.6 is 0 Å². The van der Waals surface area contributed by atoms with E-state index in [9.17, 15) is 0 Å². The Hall–Kier alpha value is -0.960. The molecule has 0 unspecified atom stereocenters. The van der Waals surface area contributed by atoms with Crippen molar-refractivity contribution in [2.24, 2.45) is 7.05 Å². The fourth-order valence-corrected chi connectivity index (χ4v) is 0.406. The third kappa shape index (κ3) is 1.66. The molecule has 0 radical (unpaired) electrons. The van der Waals surface area contributed by atoms with E-state index in [0.717, 1.165) is 0 Å². The van der Waals surface area contributed by atoms with Crippen molar-refractivity contribution in [1.82, 2.24) is 5.10 Å². The summed E-state index contributed by atoms with van der Waals surface area (Å²) < 4.78 is 1.75. The molecule has 0 spiro atoms. The Labute approximate surface area is 47.9 Å². The Bertz CT molecular complexity index is 140. The highest BCUT2D eigenvalue weighted by Gasteiger charge is 1.80. The van der Waals surface area contributed by atoms with E-state index in [4.69, 9.17) is 0 Å². The highest BCUT2D eigenvalue weighted by molar-refractivity contribution is 4.76. The quantitative estimate of drug-likeness (QED) is 0.434. The Morgan fingerprint density at radius 1 is 1.38 bits per heavy atom. The molecule has 3 nitrogen and oxygen atoms in total. The molecule has 1 heterocycles. The fourth-order valence-electron chi connectivity index (χ4n) is 0.406. The minimum atomic E-state index is 0. The molecular weight excluding hydrogens is 104 g/mol. The molecule has 0 amide bonds. The average Bonchev–Trinajstić information content (AvgIpc) is 1.69. The summed E-state index contributed by atoms with van der Waals surface area (Å²) in [4.78, 5) is 0. The van der Waals surface area contributed by atoms with Crippen LogP contribution in [0.25, 0.3) is 0 Å². The van der Waals surface area contributed by atoms with Gasteiger partial charge in [0.05, 0.1) is 6.20 Å². The summed E-state index contributed by atoms with van der Waals surface area (Å²) in [5.41, 5.74) is 0. The molecule has 0 aliphatic carbocycles. The highest BCUT2D eigenvalue weighted by atomic mass is 16.0. The predicted molar refractivity (Wildman–Crippen MR) is 27.3 cm³/mol. The molecule has 0 aliphatic rings. The van der Waals surface area contributed by atoms with Crippen molar-refractivity contribution in [2.45, 2.75) is 0 Å². The van der Waals surface area contributed by atoms with Crippen molar-refractivity contribution in [1.29, 1.82) is 0 Å². The van der Waals surface area contributed by atoms with Crippen LogP contribution < -0.4 is 4.68 Å². The Morgan fingerprint density at radius 3 is 2.38 bits per heavy atom. The van der Waals surface area contributed by atoms with E-state index < -0.39 is 0 Å². The fraction of sp³-hybridized carbons (Fsp3) is 0.200. The van der Waals surface area contributed by atoms with Crippen LogP contribution in [0.3, 0.4) is 0 Å². The van der Waals surface area contributed by atoms with Gasteiger partial charge in [-0.15, -0.1) is 0 Å². The summed E-state index contributed by atoms with van der Waals surface area (Å²) in [6, 6.07) is 3.83. The van der Waals surface area contributed by atoms with Crippen LogP contribution in [0.4, 0.5) is 0 Å². The van der Waals surface area contributed by atoms with Crippen LogP contribution in [0.15, 0.2) is 24.5 Å². The SMILES string of the molecule is C[n+]1ccccn1.[OH-]. The van der Waals surface area contributed by atoms with Gasteiger partial charge < -0.3 is 5.48 Å². The van der Waals surface area contributed by atoms with Crippen LogP contribution in [0.1, 0.15) is 0 Å². The Balaban J connectivity index is 0.000000490. The van der Waals surface area contributed by atoms with Crippen molar-refractivity contribution < 1.29 is 10.2 Å². The van der Waals surface area contributed by atoms with Gasteiger partial charge in [-0.2, -0.15) is 0 Å². The molecule has 0 aromatic carbocycles. The van der Waals surface area contributed by atoms with Crippen molar-refractivity contribution in [3.63, 3.8) is 0 Å². The van der Waals surface area contributed by atoms with Gasteiger partial charge in [0, 0.05) is 6.07 Å². The summed E-state index contributed by atoms with van der Waals surface area (Å²) in [5, 5.41) is 3.90. The lowest BCUT2D eigenvalue weighted by Gasteiger charge is -1.75. The number of rotatable bonds is 0. The van der Waals surface area contributed by atoms with Gasteiger partial charge in [0.2, 0.25) is 0 Å². The van der Waals surface area contributed by atoms with Crippen molar-refractivity contribution in [3.05, 3.63) is 24.5 Å². The van der Waals surface area contributed by atoms with Gasteiger partial charge in [-0.1, -0.05) is 4.68 Å². The topological polar surface area (TPSA) is 46.8 Å². The normalized spacial score (nSPS) is 7.62. The molecule has 0 atom stereocenters. The van der Waals surface area contributed by atoms with Gasteiger partial charge in [-0.3, -0.25) is 0 Å². The first kappa shape index (κ1) is 7.04. The van der Waals surface area contributed by atoms with Gasteiger partial charge in [-0.25, -0.2) is 0 Å². The number of aryl methyl sites for hydroxylation is 1. The van der Waals surface area contributed by atoms with E-state index in [1.165, 1.54) is 0 Å². The van der Waals surface area contributed by atoms with Gasteiger partial charge in [0.15, 0.2) is 13.2 Å². The molecule has 1 rings (SSSR count). The molecule has 1 aromatic rings. The van der Waals surface area contributed by atoms with Gasteiger partial charge in [0.25, 0.3) is 0 Å². The van der Waals surface area contributed by atoms with Crippen molar-refractivity contribution in [3.8, 4) is 0 Å². The van der Waals surface area contributed by atoms with Gasteiger partial charge in [-0.05, 0) is 11.2 Å². The lowest BCUT2D eigenvalue weighted by Crippen LogP contribution is -2.30. The zero-order chi connectivity index (χ0) is 5.11. The van der Waals surface area contributed by atoms with E-state index in [2.05, 4.69) is 5.10 Å². The second-order valence-electron chi connectivity index (χ2n) is 1.37. The van der Waals surface area contributed by atoms with Gasteiger partial charge in [0.1, 0.15) is 0 Å². The summed E-state index contributed by atoms with van der Waals surface area (Å²) in [7, 11) is 1.89. The molecule has 0 bridgehead atoms. The molecule has 0 saturated heterocycles. The third-order valence-electron chi connectivity index (χ3n) is 0.748. The first-order chi connectivity index (χ1) is 3.39. The Morgan fingerprint density at radius 2 is 2.12 bits per heavy atom.